The standard InChI is InChI=1S/C15H20ClNS/c1-10(2)17-13(9-18-11(3)4)8-12-6-5-7-14(16)15(12)17/h5-8,10-11H,9H2,1-4H3. The molecule has 0 aliphatic carbocycles. The van der Waals surface area contributed by atoms with Gasteiger partial charge in [-0.3, -0.25) is 0 Å². The van der Waals surface area contributed by atoms with E-state index in [9.17, 15) is 0 Å². The van der Waals surface area contributed by atoms with Crippen LogP contribution in [-0.4, -0.2) is 9.82 Å². The number of benzene rings is 1. The normalized spacial score (nSPS) is 11.9. The summed E-state index contributed by atoms with van der Waals surface area (Å²) in [5, 5.41) is 2.75. The lowest BCUT2D eigenvalue weighted by molar-refractivity contribution is 0.606. The van der Waals surface area contributed by atoms with Gasteiger partial charge in [0.25, 0.3) is 0 Å². The second-order valence-electron chi connectivity index (χ2n) is 5.14. The van der Waals surface area contributed by atoms with Crippen LogP contribution in [0.5, 0.6) is 0 Å². The molecule has 1 heterocycles. The van der Waals surface area contributed by atoms with Crippen LogP contribution < -0.4 is 0 Å². The molecule has 0 fully saturated rings. The van der Waals surface area contributed by atoms with Crippen molar-refractivity contribution in [2.45, 2.75) is 44.7 Å². The van der Waals surface area contributed by atoms with Crippen molar-refractivity contribution in [2.75, 3.05) is 0 Å². The molecule has 1 nitrogen and oxygen atoms in total. The molecule has 0 aliphatic rings. The van der Waals surface area contributed by atoms with Crippen molar-refractivity contribution in [2.24, 2.45) is 0 Å². The number of rotatable bonds is 4. The van der Waals surface area contributed by atoms with Crippen LogP contribution in [0.15, 0.2) is 24.3 Å². The van der Waals surface area contributed by atoms with E-state index >= 15 is 0 Å². The highest BCUT2D eigenvalue weighted by Crippen LogP contribution is 2.32. The molecule has 0 spiro atoms. The number of hydrogen-bond donors (Lipinski definition) is 0. The van der Waals surface area contributed by atoms with E-state index in [0.717, 1.165) is 10.8 Å². The summed E-state index contributed by atoms with van der Waals surface area (Å²) in [4.78, 5) is 0. The molecule has 0 N–H and O–H groups in total. The van der Waals surface area contributed by atoms with Gasteiger partial charge in [0.2, 0.25) is 0 Å². The molecule has 2 aromatic rings. The van der Waals surface area contributed by atoms with Crippen LogP contribution in [0.1, 0.15) is 39.4 Å². The maximum Gasteiger partial charge on any atom is 0.0674 e. The van der Waals surface area contributed by atoms with Gasteiger partial charge >= 0.3 is 0 Å². The molecule has 0 saturated heterocycles. The topological polar surface area (TPSA) is 4.93 Å². The van der Waals surface area contributed by atoms with E-state index in [0.29, 0.717) is 11.3 Å². The van der Waals surface area contributed by atoms with E-state index in [-0.39, 0.29) is 0 Å². The van der Waals surface area contributed by atoms with Crippen LogP contribution in [0.25, 0.3) is 10.9 Å². The van der Waals surface area contributed by atoms with E-state index in [1.807, 2.05) is 23.9 Å². The van der Waals surface area contributed by atoms with Crippen LogP contribution in [0, 0.1) is 0 Å². The highest BCUT2D eigenvalue weighted by molar-refractivity contribution is 7.99. The van der Waals surface area contributed by atoms with Crippen LogP contribution in [0.3, 0.4) is 0 Å². The Balaban J connectivity index is 2.52. The van der Waals surface area contributed by atoms with Gasteiger partial charge in [-0.1, -0.05) is 37.6 Å². The van der Waals surface area contributed by atoms with Crippen molar-refractivity contribution >= 4 is 34.3 Å². The molecular formula is C15H20ClNS. The lowest BCUT2D eigenvalue weighted by Gasteiger charge is -2.16. The lowest BCUT2D eigenvalue weighted by Crippen LogP contribution is -2.05. The summed E-state index contributed by atoms with van der Waals surface area (Å²) in [6, 6.07) is 8.85. The Kier molecular flexibility index (Phi) is 4.29. The minimum Gasteiger partial charge on any atom is -0.340 e. The van der Waals surface area contributed by atoms with E-state index in [1.54, 1.807) is 0 Å². The minimum absolute atomic E-state index is 0.435. The number of para-hydroxylation sites is 1. The Labute approximate surface area is 119 Å². The molecule has 0 atom stereocenters. The van der Waals surface area contributed by atoms with Crippen molar-refractivity contribution in [3.63, 3.8) is 0 Å². The molecule has 1 aromatic carbocycles. The molecule has 2 rings (SSSR count). The smallest absolute Gasteiger partial charge is 0.0674 e. The van der Waals surface area contributed by atoms with Gasteiger partial charge in [0.05, 0.1) is 10.5 Å². The van der Waals surface area contributed by atoms with E-state index in [4.69, 9.17) is 11.6 Å². The van der Waals surface area contributed by atoms with Crippen LogP contribution in [-0.2, 0) is 5.75 Å². The molecule has 0 aliphatic heterocycles. The molecule has 0 bridgehead atoms. The molecule has 0 unspecified atom stereocenters. The average Bonchev–Trinajstić information content (AvgIpc) is 2.66. The Hall–Kier alpha value is -0.600. The van der Waals surface area contributed by atoms with Gasteiger partial charge in [-0.05, 0) is 31.2 Å². The Morgan fingerprint density at radius 1 is 1.22 bits per heavy atom. The molecule has 1 aromatic heterocycles. The van der Waals surface area contributed by atoms with E-state index in [2.05, 4.69) is 44.4 Å². The molecule has 0 amide bonds. The number of aromatic nitrogens is 1. The van der Waals surface area contributed by atoms with Crippen molar-refractivity contribution in [3.05, 3.63) is 35.0 Å². The average molecular weight is 282 g/mol. The summed E-state index contributed by atoms with van der Waals surface area (Å²) in [6.07, 6.45) is 0. The summed E-state index contributed by atoms with van der Waals surface area (Å²) in [5.41, 5.74) is 2.54. The second kappa shape index (κ2) is 5.58. The van der Waals surface area contributed by atoms with Crippen molar-refractivity contribution in [3.8, 4) is 0 Å². The molecule has 98 valence electrons. The Morgan fingerprint density at radius 3 is 2.56 bits per heavy atom. The molecule has 0 radical (unpaired) electrons. The first-order valence-electron chi connectivity index (χ1n) is 6.40. The molecule has 3 heteroatoms. The fourth-order valence-corrected chi connectivity index (χ4v) is 3.25. The van der Waals surface area contributed by atoms with E-state index in [1.165, 1.54) is 16.6 Å². The van der Waals surface area contributed by atoms with Gasteiger partial charge in [0, 0.05) is 22.9 Å². The number of nitrogens with zero attached hydrogens (tertiary/aromatic N) is 1. The highest BCUT2D eigenvalue weighted by Gasteiger charge is 2.14. The fourth-order valence-electron chi connectivity index (χ4n) is 2.25. The van der Waals surface area contributed by atoms with Gasteiger partial charge in [-0.15, -0.1) is 0 Å². The lowest BCUT2D eigenvalue weighted by atomic mass is 10.2. The zero-order chi connectivity index (χ0) is 13.3. The second-order valence-corrected chi connectivity index (χ2v) is 7.11. The third-order valence-electron chi connectivity index (χ3n) is 2.97. The van der Waals surface area contributed by atoms with Crippen LogP contribution in [0.4, 0.5) is 0 Å². The highest BCUT2D eigenvalue weighted by atomic mass is 35.5. The largest absolute Gasteiger partial charge is 0.340 e. The van der Waals surface area contributed by atoms with Crippen LogP contribution in [0.2, 0.25) is 5.02 Å². The number of thioether (sulfide) groups is 1. The summed E-state index contributed by atoms with van der Waals surface area (Å²) < 4.78 is 2.37. The minimum atomic E-state index is 0.435. The van der Waals surface area contributed by atoms with E-state index < -0.39 is 0 Å². The third kappa shape index (κ3) is 2.70. The number of halogens is 1. The summed E-state index contributed by atoms with van der Waals surface area (Å²) in [6.45, 7) is 8.90. The SMILES string of the molecule is CC(C)SCc1cc2cccc(Cl)c2n1C(C)C. The van der Waals surface area contributed by atoms with Gasteiger partial charge in [0.1, 0.15) is 0 Å². The van der Waals surface area contributed by atoms with Crippen LogP contribution >= 0.6 is 23.4 Å². The summed E-state index contributed by atoms with van der Waals surface area (Å²) in [5.74, 6) is 1.04. The predicted octanol–water partition coefficient (Wildman–Crippen LogP) is 5.52. The predicted molar refractivity (Wildman–Crippen MR) is 83.8 cm³/mol. The maximum atomic E-state index is 6.35. The van der Waals surface area contributed by atoms with Crippen molar-refractivity contribution in [1.29, 1.82) is 0 Å². The Bertz CT molecular complexity index is 543. The first-order valence-corrected chi connectivity index (χ1v) is 7.83. The molecule has 0 saturated carbocycles. The summed E-state index contributed by atoms with van der Waals surface area (Å²) in [7, 11) is 0. The van der Waals surface area contributed by atoms with Gasteiger partial charge in [-0.25, -0.2) is 0 Å². The summed E-state index contributed by atoms with van der Waals surface area (Å²) >= 11 is 8.33. The zero-order valence-corrected chi connectivity index (χ0v) is 13.0. The first-order chi connectivity index (χ1) is 8.50. The van der Waals surface area contributed by atoms with Crippen molar-refractivity contribution < 1.29 is 0 Å². The van der Waals surface area contributed by atoms with Gasteiger partial charge < -0.3 is 4.57 Å². The zero-order valence-electron chi connectivity index (χ0n) is 11.4. The quantitative estimate of drug-likeness (QED) is 0.714. The van der Waals surface area contributed by atoms with Gasteiger partial charge in [0.15, 0.2) is 0 Å². The number of fused-ring (bicyclic) bond motifs is 1. The molecular weight excluding hydrogens is 262 g/mol. The number of hydrogen-bond acceptors (Lipinski definition) is 1. The van der Waals surface area contributed by atoms with Crippen molar-refractivity contribution in [1.82, 2.24) is 4.57 Å². The third-order valence-corrected chi connectivity index (χ3v) is 4.41. The monoisotopic (exact) mass is 281 g/mol. The molecule has 18 heavy (non-hydrogen) atoms. The van der Waals surface area contributed by atoms with Gasteiger partial charge in [-0.2, -0.15) is 11.8 Å². The maximum absolute atomic E-state index is 6.35. The fraction of sp³-hybridized carbons (Fsp3) is 0.467. The first kappa shape index (κ1) is 13.8. The Morgan fingerprint density at radius 2 is 1.94 bits per heavy atom.